The third-order valence-electron chi connectivity index (χ3n) is 6.32. The molecule has 1 amide bonds. The number of nitrogens with zero attached hydrogens (tertiary/aromatic N) is 1. The summed E-state index contributed by atoms with van der Waals surface area (Å²) < 4.78 is 11.8. The van der Waals surface area contributed by atoms with Gasteiger partial charge in [-0.15, -0.1) is 23.4 Å². The molecule has 3 heterocycles. The van der Waals surface area contributed by atoms with Gasteiger partial charge in [-0.05, 0) is 39.0 Å². The molecule has 0 bridgehead atoms. The van der Waals surface area contributed by atoms with Gasteiger partial charge in [0.05, 0.1) is 17.5 Å². The maximum Gasteiger partial charge on any atom is 0.240 e. The van der Waals surface area contributed by atoms with Crippen molar-refractivity contribution in [1.29, 1.82) is 0 Å². The summed E-state index contributed by atoms with van der Waals surface area (Å²) in [4.78, 5) is 15.2. The van der Waals surface area contributed by atoms with Gasteiger partial charge in [0.1, 0.15) is 35.9 Å². The number of fused-ring (bicyclic) bond motifs is 1. The van der Waals surface area contributed by atoms with Crippen molar-refractivity contribution in [2.45, 2.75) is 79.6 Å². The molecule has 3 rings (SSSR count). The minimum atomic E-state index is -1.38. The predicted molar refractivity (Wildman–Crippen MR) is 111 cm³/mol. The summed E-state index contributed by atoms with van der Waals surface area (Å²) in [6.07, 6.45) is -0.208. The molecule has 3 aliphatic rings. The van der Waals surface area contributed by atoms with Gasteiger partial charge in [-0.25, -0.2) is 0 Å². The Morgan fingerprint density at radius 3 is 2.62 bits per heavy atom. The van der Waals surface area contributed by atoms with Crippen molar-refractivity contribution < 1.29 is 29.6 Å². The molecule has 3 fully saturated rings. The second-order valence-corrected chi connectivity index (χ2v) is 9.99. The van der Waals surface area contributed by atoms with E-state index in [1.54, 1.807) is 13.2 Å². The molecule has 0 aromatic carbocycles. The normalized spacial score (nSPS) is 43.3. The molecule has 0 aromatic rings. The van der Waals surface area contributed by atoms with Gasteiger partial charge in [0.15, 0.2) is 0 Å². The number of rotatable bonds is 5. The Morgan fingerprint density at radius 1 is 1.24 bits per heavy atom. The van der Waals surface area contributed by atoms with Gasteiger partial charge in [0, 0.05) is 13.2 Å². The first kappa shape index (κ1) is 23.5. The van der Waals surface area contributed by atoms with Crippen LogP contribution in [0, 0.1) is 5.92 Å². The van der Waals surface area contributed by atoms with Crippen LogP contribution in [0.2, 0.25) is 0 Å². The number of ether oxygens (including phenoxy) is 2. The van der Waals surface area contributed by atoms with Crippen molar-refractivity contribution in [1.82, 2.24) is 10.2 Å². The Balaban J connectivity index is 1.75. The van der Waals surface area contributed by atoms with E-state index in [2.05, 4.69) is 5.32 Å². The number of likely N-dealkylation sites (tertiary alicyclic amines) is 1. The van der Waals surface area contributed by atoms with E-state index < -0.39 is 47.3 Å². The van der Waals surface area contributed by atoms with Crippen molar-refractivity contribution in [3.63, 3.8) is 0 Å². The van der Waals surface area contributed by atoms with Crippen LogP contribution < -0.4 is 5.32 Å². The van der Waals surface area contributed by atoms with E-state index in [4.69, 9.17) is 21.1 Å². The molecule has 3 aliphatic heterocycles. The average molecular weight is 453 g/mol. The van der Waals surface area contributed by atoms with Crippen LogP contribution in [0.3, 0.4) is 0 Å². The first-order chi connectivity index (χ1) is 13.8. The van der Waals surface area contributed by atoms with E-state index in [0.29, 0.717) is 12.5 Å². The van der Waals surface area contributed by atoms with Crippen LogP contribution in [0.1, 0.15) is 26.2 Å². The van der Waals surface area contributed by atoms with Crippen LogP contribution in [0.25, 0.3) is 0 Å². The number of carbonyl (C=O) groups excluding carboxylic acids is 1. The van der Waals surface area contributed by atoms with Crippen LogP contribution in [-0.2, 0) is 14.3 Å². The molecule has 0 spiro atoms. The van der Waals surface area contributed by atoms with E-state index in [0.717, 1.165) is 25.8 Å². The Labute approximate surface area is 181 Å². The zero-order valence-electron chi connectivity index (χ0n) is 17.1. The molecule has 8 nitrogen and oxygen atoms in total. The Hall–Kier alpha value is -0.130. The van der Waals surface area contributed by atoms with Gasteiger partial charge < -0.3 is 30.1 Å². The molecular formula is C19H33ClN2O6S. The van der Waals surface area contributed by atoms with Gasteiger partial charge in [0.25, 0.3) is 0 Å². The van der Waals surface area contributed by atoms with Crippen molar-refractivity contribution in [2.75, 3.05) is 26.5 Å². The fourth-order valence-electron chi connectivity index (χ4n) is 4.73. The molecule has 168 valence electrons. The molecule has 4 N–H and O–H groups in total. The van der Waals surface area contributed by atoms with Crippen LogP contribution in [-0.4, -0.2) is 106 Å². The summed E-state index contributed by atoms with van der Waals surface area (Å²) in [6.45, 7) is 3.15. The smallest absolute Gasteiger partial charge is 0.240 e. The molecule has 3 saturated heterocycles. The standard InChI is InChI=1S/C19H33ClN2O6S/c1-9(20)11(17-14(24)13(23)15(25)19(28-17)29-3)21-18(26)12-16-10(8-22(12)2)6-4-5-7-27-16/h9-17,19,23-25H,4-8H2,1-3H3,(H,21,26)/t9-,10-,11+,12-,13?,14?,15?,16+,17?,19?/m0/s1. The van der Waals surface area contributed by atoms with Gasteiger partial charge in [-0.2, -0.15) is 0 Å². The van der Waals surface area contributed by atoms with Crippen LogP contribution in [0.4, 0.5) is 0 Å². The van der Waals surface area contributed by atoms with Gasteiger partial charge in [0.2, 0.25) is 5.91 Å². The third kappa shape index (κ3) is 4.87. The highest BCUT2D eigenvalue weighted by Gasteiger charge is 2.50. The van der Waals surface area contributed by atoms with E-state index in [-0.39, 0.29) is 12.0 Å². The van der Waals surface area contributed by atoms with Crippen molar-refractivity contribution >= 4 is 29.3 Å². The minimum Gasteiger partial charge on any atom is -0.388 e. The van der Waals surface area contributed by atoms with Crippen LogP contribution >= 0.6 is 23.4 Å². The summed E-state index contributed by atoms with van der Waals surface area (Å²) in [6, 6.07) is -1.18. The molecule has 0 radical (unpaired) electrons. The number of nitrogens with one attached hydrogen (secondary N) is 1. The fourth-order valence-corrected chi connectivity index (χ4v) is 5.62. The zero-order chi connectivity index (χ0) is 21.3. The summed E-state index contributed by atoms with van der Waals surface area (Å²) >= 11 is 7.59. The summed E-state index contributed by atoms with van der Waals surface area (Å²) in [5, 5.41) is 33.2. The second-order valence-electron chi connectivity index (χ2n) is 8.36. The second kappa shape index (κ2) is 9.99. The quantitative estimate of drug-likeness (QED) is 0.423. The van der Waals surface area contributed by atoms with E-state index in [1.807, 2.05) is 11.9 Å². The molecule has 0 saturated carbocycles. The SMILES string of the molecule is CSC1OC([C@H](NC(=O)[C@@H]2[C@@H]3OCCCC[C@H]3CN2C)[C@H](C)Cl)C(O)C(O)C1O. The van der Waals surface area contributed by atoms with Crippen LogP contribution in [0.15, 0.2) is 0 Å². The average Bonchev–Trinajstić information content (AvgIpc) is 2.83. The highest BCUT2D eigenvalue weighted by molar-refractivity contribution is 7.99. The maximum absolute atomic E-state index is 13.2. The summed E-state index contributed by atoms with van der Waals surface area (Å²) in [5.74, 6) is 0.0935. The lowest BCUT2D eigenvalue weighted by atomic mass is 9.92. The largest absolute Gasteiger partial charge is 0.388 e. The maximum atomic E-state index is 13.2. The monoisotopic (exact) mass is 452 g/mol. The number of amides is 1. The minimum absolute atomic E-state index is 0.169. The Bertz CT molecular complexity index is 571. The lowest BCUT2D eigenvalue weighted by Crippen LogP contribution is -2.65. The molecule has 0 aromatic heterocycles. The third-order valence-corrected chi connectivity index (χ3v) is 7.44. The highest BCUT2D eigenvalue weighted by atomic mass is 35.5. The molecule has 0 aliphatic carbocycles. The van der Waals surface area contributed by atoms with Crippen LogP contribution in [0.5, 0.6) is 0 Å². The van der Waals surface area contributed by atoms with E-state index in [1.165, 1.54) is 11.8 Å². The lowest BCUT2D eigenvalue weighted by Gasteiger charge is -2.44. The van der Waals surface area contributed by atoms with Gasteiger partial charge in [-0.1, -0.05) is 6.42 Å². The number of hydrogen-bond donors (Lipinski definition) is 4. The van der Waals surface area contributed by atoms with E-state index >= 15 is 0 Å². The molecule has 10 heteroatoms. The van der Waals surface area contributed by atoms with Crippen molar-refractivity contribution in [2.24, 2.45) is 5.92 Å². The first-order valence-corrected chi connectivity index (χ1v) is 12.0. The number of likely N-dealkylation sites (N-methyl/N-ethyl adjacent to an activating group) is 1. The highest BCUT2D eigenvalue weighted by Crippen LogP contribution is 2.33. The Morgan fingerprint density at radius 2 is 1.97 bits per heavy atom. The first-order valence-electron chi connectivity index (χ1n) is 10.2. The van der Waals surface area contributed by atoms with Crippen molar-refractivity contribution in [3.8, 4) is 0 Å². The molecule has 10 atom stereocenters. The number of aliphatic hydroxyl groups is 3. The number of halogens is 1. The fraction of sp³-hybridized carbons (Fsp3) is 0.947. The predicted octanol–water partition coefficient (Wildman–Crippen LogP) is -0.232. The number of alkyl halides is 1. The molecular weight excluding hydrogens is 420 g/mol. The Kier molecular flexibility index (Phi) is 8.11. The number of carbonyl (C=O) groups is 1. The lowest BCUT2D eigenvalue weighted by molar-refractivity contribution is -0.205. The number of aliphatic hydroxyl groups excluding tert-OH is 3. The topological polar surface area (TPSA) is 111 Å². The van der Waals surface area contributed by atoms with E-state index in [9.17, 15) is 20.1 Å². The molecule has 29 heavy (non-hydrogen) atoms. The number of thioether (sulfide) groups is 1. The molecule has 5 unspecified atom stereocenters. The van der Waals surface area contributed by atoms with Gasteiger partial charge >= 0.3 is 0 Å². The summed E-state index contributed by atoms with van der Waals surface area (Å²) in [5.41, 5.74) is -0.725. The zero-order valence-corrected chi connectivity index (χ0v) is 18.7. The number of hydrogen-bond acceptors (Lipinski definition) is 8. The van der Waals surface area contributed by atoms with Gasteiger partial charge in [-0.3, -0.25) is 9.69 Å². The van der Waals surface area contributed by atoms with Crippen molar-refractivity contribution in [3.05, 3.63) is 0 Å². The summed E-state index contributed by atoms with van der Waals surface area (Å²) in [7, 11) is 1.91.